The number of aliphatic hydroxyl groups is 1. The van der Waals surface area contributed by atoms with Gasteiger partial charge in [0.05, 0.1) is 10.7 Å². The molecule has 0 spiro atoms. The maximum Gasteiger partial charge on any atom is 0.0926 e. The highest BCUT2D eigenvalue weighted by atomic mass is 32.1. The van der Waals surface area contributed by atoms with E-state index in [2.05, 4.69) is 36.5 Å². The Bertz CT molecular complexity index is 308. The molecular formula is C12H22N2OS. The highest BCUT2D eigenvalue weighted by Crippen LogP contribution is 2.18. The zero-order valence-electron chi connectivity index (χ0n) is 10.4. The van der Waals surface area contributed by atoms with Crippen molar-refractivity contribution in [3.63, 3.8) is 0 Å². The van der Waals surface area contributed by atoms with Crippen LogP contribution in [0.4, 0.5) is 0 Å². The number of hydrogen-bond acceptors (Lipinski definition) is 4. The quantitative estimate of drug-likeness (QED) is 0.770. The van der Waals surface area contributed by atoms with Crippen LogP contribution in [0.5, 0.6) is 0 Å². The van der Waals surface area contributed by atoms with Gasteiger partial charge in [-0.1, -0.05) is 20.8 Å². The average molecular weight is 242 g/mol. The van der Waals surface area contributed by atoms with E-state index in [0.29, 0.717) is 0 Å². The Labute approximate surface area is 102 Å². The summed E-state index contributed by atoms with van der Waals surface area (Å²) >= 11 is 1.72. The molecule has 16 heavy (non-hydrogen) atoms. The smallest absolute Gasteiger partial charge is 0.0926 e. The van der Waals surface area contributed by atoms with Crippen LogP contribution in [0.15, 0.2) is 5.38 Å². The Hall–Kier alpha value is -0.450. The lowest BCUT2D eigenvalue weighted by atomic mass is 9.89. The van der Waals surface area contributed by atoms with Crippen molar-refractivity contribution in [2.24, 2.45) is 5.41 Å². The molecule has 1 rings (SSSR count). The summed E-state index contributed by atoms with van der Waals surface area (Å²) in [5.41, 5.74) is 1.10. The predicted molar refractivity (Wildman–Crippen MR) is 68.7 cm³/mol. The normalized spacial score (nSPS) is 15.0. The maximum absolute atomic E-state index is 9.27. The van der Waals surface area contributed by atoms with Gasteiger partial charge in [-0.15, -0.1) is 11.3 Å². The summed E-state index contributed by atoms with van der Waals surface area (Å²) in [6.07, 6.45) is 1.99. The summed E-state index contributed by atoms with van der Waals surface area (Å²) in [6, 6.07) is 0. The minimum atomic E-state index is -0.0103. The van der Waals surface area contributed by atoms with Crippen LogP contribution in [0.3, 0.4) is 0 Å². The van der Waals surface area contributed by atoms with Gasteiger partial charge in [0.2, 0.25) is 0 Å². The van der Waals surface area contributed by atoms with Crippen molar-refractivity contribution >= 4 is 11.3 Å². The van der Waals surface area contributed by atoms with E-state index < -0.39 is 0 Å². The van der Waals surface area contributed by atoms with E-state index in [4.69, 9.17) is 0 Å². The van der Waals surface area contributed by atoms with Crippen molar-refractivity contribution in [1.82, 2.24) is 10.3 Å². The third-order valence-electron chi connectivity index (χ3n) is 2.99. The van der Waals surface area contributed by atoms with Crippen molar-refractivity contribution in [3.05, 3.63) is 16.1 Å². The Morgan fingerprint density at radius 2 is 2.25 bits per heavy atom. The number of aromatic nitrogens is 1. The first kappa shape index (κ1) is 13.6. The van der Waals surface area contributed by atoms with Gasteiger partial charge in [-0.3, -0.25) is 0 Å². The van der Waals surface area contributed by atoms with Crippen molar-refractivity contribution in [3.8, 4) is 0 Å². The first-order valence-corrected chi connectivity index (χ1v) is 6.76. The number of thiazole rings is 1. The zero-order chi connectivity index (χ0) is 12.0. The fraction of sp³-hybridized carbons (Fsp3) is 0.750. The second kappa shape index (κ2) is 6.33. The van der Waals surface area contributed by atoms with Crippen molar-refractivity contribution in [2.75, 3.05) is 13.2 Å². The summed E-state index contributed by atoms with van der Waals surface area (Å²) in [4.78, 5) is 4.49. The minimum absolute atomic E-state index is 0.0103. The molecule has 1 aromatic heterocycles. The molecule has 1 unspecified atom stereocenters. The van der Waals surface area contributed by atoms with E-state index in [1.54, 1.807) is 11.3 Å². The van der Waals surface area contributed by atoms with Gasteiger partial charge in [0.1, 0.15) is 0 Å². The molecular weight excluding hydrogens is 220 g/mol. The first-order valence-electron chi connectivity index (χ1n) is 5.88. The van der Waals surface area contributed by atoms with E-state index in [9.17, 15) is 5.11 Å². The summed E-state index contributed by atoms with van der Waals surface area (Å²) in [5.74, 6) is 0. The molecule has 0 fully saturated rings. The van der Waals surface area contributed by atoms with Crippen molar-refractivity contribution < 1.29 is 5.11 Å². The number of aryl methyl sites for hydroxylation is 1. The number of hydrogen-bond donors (Lipinski definition) is 2. The average Bonchev–Trinajstić information content (AvgIpc) is 2.77. The monoisotopic (exact) mass is 242 g/mol. The van der Waals surface area contributed by atoms with E-state index in [1.807, 2.05) is 0 Å². The second-order valence-corrected chi connectivity index (χ2v) is 5.45. The lowest BCUT2D eigenvalue weighted by Crippen LogP contribution is -2.34. The Morgan fingerprint density at radius 3 is 2.75 bits per heavy atom. The van der Waals surface area contributed by atoms with E-state index in [-0.39, 0.29) is 12.0 Å². The maximum atomic E-state index is 9.27. The molecule has 1 atom stereocenters. The Balaban J connectivity index is 2.35. The molecule has 0 radical (unpaired) electrons. The zero-order valence-corrected chi connectivity index (χ0v) is 11.2. The van der Waals surface area contributed by atoms with E-state index in [0.717, 1.165) is 31.6 Å². The molecule has 0 bridgehead atoms. The van der Waals surface area contributed by atoms with Crippen LogP contribution < -0.4 is 5.32 Å². The van der Waals surface area contributed by atoms with Crippen LogP contribution in [0.25, 0.3) is 0 Å². The summed E-state index contributed by atoms with van der Waals surface area (Å²) in [5, 5.41) is 15.9. The molecule has 3 nitrogen and oxygen atoms in total. The molecule has 0 aliphatic carbocycles. The standard InChI is InChI=1S/C12H22N2OS/c1-4-11-14-10(7-16-11)6-13-8-12(3,5-2)9-15/h7,13,15H,4-6,8-9H2,1-3H3. The molecule has 1 aromatic rings. The van der Waals surface area contributed by atoms with Crippen LogP contribution in [0.1, 0.15) is 37.9 Å². The lowest BCUT2D eigenvalue weighted by Gasteiger charge is -2.25. The molecule has 4 heteroatoms. The van der Waals surface area contributed by atoms with Crippen LogP contribution in [-0.4, -0.2) is 23.2 Å². The Kier molecular flexibility index (Phi) is 5.38. The number of rotatable bonds is 7. The molecule has 1 heterocycles. The van der Waals surface area contributed by atoms with Crippen LogP contribution in [0, 0.1) is 5.41 Å². The largest absolute Gasteiger partial charge is 0.396 e. The summed E-state index contributed by atoms with van der Waals surface area (Å²) < 4.78 is 0. The Morgan fingerprint density at radius 1 is 1.50 bits per heavy atom. The minimum Gasteiger partial charge on any atom is -0.396 e. The number of aliphatic hydroxyl groups excluding tert-OH is 1. The number of nitrogens with zero attached hydrogens (tertiary/aromatic N) is 1. The van der Waals surface area contributed by atoms with Gasteiger partial charge in [0, 0.05) is 30.5 Å². The van der Waals surface area contributed by atoms with Crippen LogP contribution >= 0.6 is 11.3 Å². The molecule has 0 aliphatic heterocycles. The van der Waals surface area contributed by atoms with Crippen LogP contribution in [-0.2, 0) is 13.0 Å². The molecule has 92 valence electrons. The van der Waals surface area contributed by atoms with Crippen molar-refractivity contribution in [2.45, 2.75) is 40.2 Å². The number of nitrogens with one attached hydrogen (secondary N) is 1. The molecule has 2 N–H and O–H groups in total. The highest BCUT2D eigenvalue weighted by molar-refractivity contribution is 7.09. The van der Waals surface area contributed by atoms with Gasteiger partial charge in [0.25, 0.3) is 0 Å². The summed E-state index contributed by atoms with van der Waals surface area (Å²) in [7, 11) is 0. The van der Waals surface area contributed by atoms with Gasteiger partial charge in [0.15, 0.2) is 0 Å². The third kappa shape index (κ3) is 3.85. The second-order valence-electron chi connectivity index (χ2n) is 4.51. The fourth-order valence-corrected chi connectivity index (χ4v) is 2.12. The molecule has 0 saturated carbocycles. The van der Waals surface area contributed by atoms with E-state index in [1.165, 1.54) is 5.01 Å². The van der Waals surface area contributed by atoms with Gasteiger partial charge in [-0.2, -0.15) is 0 Å². The van der Waals surface area contributed by atoms with Gasteiger partial charge < -0.3 is 10.4 Å². The van der Waals surface area contributed by atoms with Gasteiger partial charge >= 0.3 is 0 Å². The molecule has 0 aromatic carbocycles. The van der Waals surface area contributed by atoms with Crippen LogP contribution in [0.2, 0.25) is 0 Å². The van der Waals surface area contributed by atoms with Crippen molar-refractivity contribution in [1.29, 1.82) is 0 Å². The SMILES string of the molecule is CCc1nc(CNCC(C)(CC)CO)cs1. The summed E-state index contributed by atoms with van der Waals surface area (Å²) in [6.45, 7) is 8.18. The third-order valence-corrected chi connectivity index (χ3v) is 4.04. The highest BCUT2D eigenvalue weighted by Gasteiger charge is 2.20. The first-order chi connectivity index (χ1) is 7.63. The lowest BCUT2D eigenvalue weighted by molar-refractivity contribution is 0.135. The predicted octanol–water partition coefficient (Wildman–Crippen LogP) is 2.20. The van der Waals surface area contributed by atoms with E-state index >= 15 is 0 Å². The topological polar surface area (TPSA) is 45.2 Å². The fourth-order valence-electron chi connectivity index (χ4n) is 1.38. The van der Waals surface area contributed by atoms with Gasteiger partial charge in [-0.25, -0.2) is 4.98 Å². The molecule has 0 saturated heterocycles. The molecule has 0 aliphatic rings. The molecule has 0 amide bonds. The van der Waals surface area contributed by atoms with Gasteiger partial charge in [-0.05, 0) is 12.8 Å².